The number of ether oxygens (including phenoxy) is 1. The third kappa shape index (κ3) is 29.5. The first kappa shape index (κ1) is 22.5. The van der Waals surface area contributed by atoms with Crippen molar-refractivity contribution in [1.82, 2.24) is 0 Å². The number of aliphatic hydroxyl groups is 2. The molecule has 0 heterocycles. The molecular weight excluding hydrogens is 236 g/mol. The Morgan fingerprint density at radius 1 is 1.00 bits per heavy atom. The number of hydrogen-bond donors (Lipinski definition) is 3. The zero-order valence-corrected chi connectivity index (χ0v) is 12.1. The number of carbonyl (C=O) groups is 1. The number of rotatable bonds is 7. The SMILES string of the molecule is CCC(C)COCC(C)CC.O=CO.OCCO. The van der Waals surface area contributed by atoms with Crippen LogP contribution in [0, 0.1) is 11.8 Å². The van der Waals surface area contributed by atoms with Crippen molar-refractivity contribution in [2.75, 3.05) is 26.4 Å². The summed E-state index contributed by atoms with van der Waals surface area (Å²) in [6.45, 7) is 10.2. The number of carboxylic acid groups (broad SMARTS) is 1. The molecule has 2 unspecified atom stereocenters. The second-order valence-corrected chi connectivity index (χ2v) is 4.12. The summed E-state index contributed by atoms with van der Waals surface area (Å²) >= 11 is 0. The van der Waals surface area contributed by atoms with Crippen LogP contribution in [-0.2, 0) is 9.53 Å². The highest BCUT2D eigenvalue weighted by molar-refractivity contribution is 5.32. The van der Waals surface area contributed by atoms with Crippen molar-refractivity contribution in [3.63, 3.8) is 0 Å². The molecule has 0 saturated heterocycles. The Morgan fingerprint density at radius 3 is 1.44 bits per heavy atom. The monoisotopic (exact) mass is 266 g/mol. The second kappa shape index (κ2) is 21.6. The van der Waals surface area contributed by atoms with Gasteiger partial charge in [0.05, 0.1) is 13.2 Å². The molecule has 5 nitrogen and oxygen atoms in total. The van der Waals surface area contributed by atoms with Crippen LogP contribution in [0.5, 0.6) is 0 Å². The van der Waals surface area contributed by atoms with Crippen LogP contribution < -0.4 is 0 Å². The van der Waals surface area contributed by atoms with Crippen LogP contribution in [0.15, 0.2) is 0 Å². The Bertz CT molecular complexity index is 129. The maximum Gasteiger partial charge on any atom is 0.290 e. The van der Waals surface area contributed by atoms with Gasteiger partial charge in [-0.15, -0.1) is 0 Å². The Kier molecular flexibility index (Phi) is 27.0. The Labute approximate surface area is 111 Å². The predicted octanol–water partition coefficient (Wildman–Crippen LogP) is 1.77. The third-order valence-corrected chi connectivity index (χ3v) is 2.30. The molecule has 0 aliphatic heterocycles. The van der Waals surface area contributed by atoms with Gasteiger partial charge in [-0.2, -0.15) is 0 Å². The van der Waals surface area contributed by atoms with E-state index in [4.69, 9.17) is 24.9 Å². The summed E-state index contributed by atoms with van der Waals surface area (Å²) in [5, 5.41) is 22.1. The van der Waals surface area contributed by atoms with Gasteiger partial charge in [0.15, 0.2) is 0 Å². The lowest BCUT2D eigenvalue weighted by Crippen LogP contribution is -2.10. The summed E-state index contributed by atoms with van der Waals surface area (Å²) in [7, 11) is 0. The van der Waals surface area contributed by atoms with Crippen LogP contribution in [0.1, 0.15) is 40.5 Å². The first-order chi connectivity index (χ1) is 8.53. The van der Waals surface area contributed by atoms with Gasteiger partial charge < -0.3 is 20.1 Å². The van der Waals surface area contributed by atoms with Gasteiger partial charge >= 0.3 is 0 Å². The van der Waals surface area contributed by atoms with E-state index in [1.807, 2.05) is 0 Å². The molecule has 0 aromatic carbocycles. The van der Waals surface area contributed by atoms with Crippen LogP contribution in [0.3, 0.4) is 0 Å². The van der Waals surface area contributed by atoms with Crippen LogP contribution in [0.25, 0.3) is 0 Å². The summed E-state index contributed by atoms with van der Waals surface area (Å²) in [6.07, 6.45) is 2.45. The fraction of sp³-hybridized carbons (Fsp3) is 0.923. The third-order valence-electron chi connectivity index (χ3n) is 2.30. The Morgan fingerprint density at radius 2 is 1.28 bits per heavy atom. The lowest BCUT2D eigenvalue weighted by molar-refractivity contribution is -0.122. The Balaban J connectivity index is -0.000000266. The molecular formula is C13H30O5. The highest BCUT2D eigenvalue weighted by Gasteiger charge is 2.01. The summed E-state index contributed by atoms with van der Waals surface area (Å²) in [5.74, 6) is 1.44. The van der Waals surface area contributed by atoms with Gasteiger partial charge in [-0.3, -0.25) is 4.79 Å². The minimum atomic E-state index is -0.250. The van der Waals surface area contributed by atoms with E-state index >= 15 is 0 Å². The smallest absolute Gasteiger partial charge is 0.290 e. The van der Waals surface area contributed by atoms with Crippen molar-refractivity contribution >= 4 is 6.47 Å². The average Bonchev–Trinajstić information content (AvgIpc) is 2.39. The minimum Gasteiger partial charge on any atom is -0.483 e. The lowest BCUT2D eigenvalue weighted by Gasteiger charge is -2.12. The molecule has 0 radical (unpaired) electrons. The molecule has 0 saturated carbocycles. The van der Waals surface area contributed by atoms with Crippen molar-refractivity contribution in [1.29, 1.82) is 0 Å². The van der Waals surface area contributed by atoms with Crippen molar-refractivity contribution < 1.29 is 24.9 Å². The van der Waals surface area contributed by atoms with Crippen LogP contribution in [0.4, 0.5) is 0 Å². The van der Waals surface area contributed by atoms with E-state index in [1.165, 1.54) is 12.8 Å². The van der Waals surface area contributed by atoms with Gasteiger partial charge in [0.2, 0.25) is 0 Å². The van der Waals surface area contributed by atoms with Crippen molar-refractivity contribution in [3.8, 4) is 0 Å². The van der Waals surface area contributed by atoms with E-state index < -0.39 is 0 Å². The van der Waals surface area contributed by atoms with Crippen LogP contribution in [-0.4, -0.2) is 48.2 Å². The molecule has 0 fully saturated rings. The molecule has 0 aromatic rings. The van der Waals surface area contributed by atoms with Gasteiger partial charge in [-0.05, 0) is 11.8 Å². The van der Waals surface area contributed by atoms with Gasteiger partial charge in [0.25, 0.3) is 6.47 Å². The molecule has 0 rings (SSSR count). The second-order valence-electron chi connectivity index (χ2n) is 4.12. The van der Waals surface area contributed by atoms with Crippen molar-refractivity contribution in [3.05, 3.63) is 0 Å². The van der Waals surface area contributed by atoms with E-state index in [2.05, 4.69) is 27.7 Å². The molecule has 0 spiro atoms. The molecule has 0 aromatic heterocycles. The fourth-order valence-electron chi connectivity index (χ4n) is 0.706. The van der Waals surface area contributed by atoms with E-state index in [9.17, 15) is 0 Å². The average molecular weight is 266 g/mol. The molecule has 18 heavy (non-hydrogen) atoms. The van der Waals surface area contributed by atoms with Crippen LogP contribution >= 0.6 is 0 Å². The standard InChI is InChI=1S/C10H22O.C2H6O2.CH2O2/c1-5-9(3)7-11-8-10(4)6-2;3-1-2-4;2-1-3/h9-10H,5-8H2,1-4H3;3-4H,1-2H2;1H,(H,2,3). The number of hydrogen-bond acceptors (Lipinski definition) is 4. The van der Waals surface area contributed by atoms with Crippen molar-refractivity contribution in [2.24, 2.45) is 11.8 Å². The summed E-state index contributed by atoms with van der Waals surface area (Å²) in [5.41, 5.74) is 0. The maximum atomic E-state index is 8.36. The molecule has 0 amide bonds. The van der Waals surface area contributed by atoms with Gasteiger partial charge in [-0.1, -0.05) is 40.5 Å². The van der Waals surface area contributed by atoms with E-state index in [0.29, 0.717) is 0 Å². The molecule has 112 valence electrons. The fourth-order valence-corrected chi connectivity index (χ4v) is 0.706. The molecule has 2 atom stereocenters. The van der Waals surface area contributed by atoms with Crippen LogP contribution in [0.2, 0.25) is 0 Å². The normalized spacial score (nSPS) is 12.3. The molecule has 0 aliphatic rings. The highest BCUT2D eigenvalue weighted by Crippen LogP contribution is 2.04. The topological polar surface area (TPSA) is 87.0 Å². The first-order valence-electron chi connectivity index (χ1n) is 6.41. The van der Waals surface area contributed by atoms with E-state index in [1.54, 1.807) is 0 Å². The maximum absolute atomic E-state index is 8.36. The molecule has 5 heteroatoms. The first-order valence-corrected chi connectivity index (χ1v) is 6.41. The van der Waals surface area contributed by atoms with E-state index in [0.717, 1.165) is 25.0 Å². The molecule has 3 N–H and O–H groups in total. The lowest BCUT2D eigenvalue weighted by atomic mass is 10.1. The van der Waals surface area contributed by atoms with Gasteiger partial charge in [-0.25, -0.2) is 0 Å². The predicted molar refractivity (Wildman–Crippen MR) is 72.6 cm³/mol. The quantitative estimate of drug-likeness (QED) is 0.611. The zero-order valence-electron chi connectivity index (χ0n) is 12.1. The van der Waals surface area contributed by atoms with E-state index in [-0.39, 0.29) is 19.7 Å². The molecule has 0 bridgehead atoms. The minimum absolute atomic E-state index is 0.125. The Hall–Kier alpha value is -0.650. The summed E-state index contributed by atoms with van der Waals surface area (Å²) in [4.78, 5) is 8.36. The molecule has 0 aliphatic carbocycles. The largest absolute Gasteiger partial charge is 0.483 e. The van der Waals surface area contributed by atoms with Gasteiger partial charge in [0, 0.05) is 13.2 Å². The summed E-state index contributed by atoms with van der Waals surface area (Å²) < 4.78 is 5.54. The zero-order chi connectivity index (χ0) is 14.8. The van der Waals surface area contributed by atoms with Gasteiger partial charge in [0.1, 0.15) is 0 Å². The summed E-state index contributed by atoms with van der Waals surface area (Å²) in [6, 6.07) is 0. The van der Waals surface area contributed by atoms with Crippen molar-refractivity contribution in [2.45, 2.75) is 40.5 Å². The number of aliphatic hydroxyl groups excluding tert-OH is 2. The highest BCUT2D eigenvalue weighted by atomic mass is 16.5.